The minimum Gasteiger partial charge on any atom is -0.350 e. The van der Waals surface area contributed by atoms with Crippen molar-refractivity contribution in [2.24, 2.45) is 0 Å². The number of carbonyl (C=O) groups is 1. The van der Waals surface area contributed by atoms with E-state index in [4.69, 9.17) is 0 Å². The number of rotatable bonds is 2. The van der Waals surface area contributed by atoms with Crippen LogP contribution in [-0.4, -0.2) is 10.9 Å². The lowest BCUT2D eigenvalue weighted by Crippen LogP contribution is -2.12. The molecule has 0 aliphatic carbocycles. The van der Waals surface area contributed by atoms with E-state index in [9.17, 15) is 9.18 Å². The van der Waals surface area contributed by atoms with Gasteiger partial charge in [0.25, 0.3) is 5.91 Å². The summed E-state index contributed by atoms with van der Waals surface area (Å²) in [5, 5.41) is 3.62. The molecular weight excluding hydrogens is 335 g/mol. The number of aromatic nitrogens is 1. The first-order valence-electron chi connectivity index (χ1n) is 6.39. The molecule has 21 heavy (non-hydrogen) atoms. The fraction of sp³-hybridized carbons (Fsp3) is 0.0625. The summed E-state index contributed by atoms with van der Waals surface area (Å²) in [6, 6.07) is 11.7. The SMILES string of the molecule is Cc1cc(NC(=O)c2cc3ccc(F)cc3[nH]2)ccc1Br. The van der Waals surface area contributed by atoms with Gasteiger partial charge in [-0.05, 0) is 55.0 Å². The highest BCUT2D eigenvalue weighted by atomic mass is 79.9. The minimum atomic E-state index is -0.333. The molecule has 0 atom stereocenters. The van der Waals surface area contributed by atoms with Gasteiger partial charge in [0.15, 0.2) is 0 Å². The molecule has 3 rings (SSSR count). The molecule has 3 aromatic rings. The first-order valence-corrected chi connectivity index (χ1v) is 7.18. The van der Waals surface area contributed by atoms with Crippen molar-refractivity contribution >= 4 is 38.4 Å². The maximum Gasteiger partial charge on any atom is 0.272 e. The predicted octanol–water partition coefficient (Wildman–Crippen LogP) is 4.63. The molecule has 0 saturated carbocycles. The van der Waals surface area contributed by atoms with Crippen LogP contribution in [0.1, 0.15) is 16.1 Å². The smallest absolute Gasteiger partial charge is 0.272 e. The second kappa shape index (κ2) is 5.33. The molecule has 0 fully saturated rings. The van der Waals surface area contributed by atoms with Crippen LogP contribution >= 0.6 is 15.9 Å². The minimum absolute atomic E-state index is 0.256. The molecule has 1 heterocycles. The first-order chi connectivity index (χ1) is 10.0. The van der Waals surface area contributed by atoms with Crippen LogP contribution in [-0.2, 0) is 0 Å². The van der Waals surface area contributed by atoms with Crippen molar-refractivity contribution < 1.29 is 9.18 Å². The van der Waals surface area contributed by atoms with Gasteiger partial charge in [-0.1, -0.05) is 15.9 Å². The van der Waals surface area contributed by atoms with Gasteiger partial charge in [-0.15, -0.1) is 0 Å². The average Bonchev–Trinajstić information content (AvgIpc) is 2.86. The third-order valence-electron chi connectivity index (χ3n) is 3.24. The highest BCUT2D eigenvalue weighted by Gasteiger charge is 2.10. The molecule has 1 aromatic heterocycles. The summed E-state index contributed by atoms with van der Waals surface area (Å²) in [5.74, 6) is -0.590. The summed E-state index contributed by atoms with van der Waals surface area (Å²) >= 11 is 3.42. The van der Waals surface area contributed by atoms with Crippen LogP contribution in [0.2, 0.25) is 0 Å². The van der Waals surface area contributed by atoms with E-state index in [1.54, 1.807) is 12.1 Å². The number of anilines is 1. The molecule has 3 nitrogen and oxygen atoms in total. The first kappa shape index (κ1) is 13.8. The van der Waals surface area contributed by atoms with Gasteiger partial charge >= 0.3 is 0 Å². The molecule has 1 amide bonds. The van der Waals surface area contributed by atoms with Crippen molar-refractivity contribution in [3.8, 4) is 0 Å². The van der Waals surface area contributed by atoms with E-state index >= 15 is 0 Å². The van der Waals surface area contributed by atoms with Crippen molar-refractivity contribution in [2.45, 2.75) is 6.92 Å². The Balaban J connectivity index is 1.87. The summed E-state index contributed by atoms with van der Waals surface area (Å²) in [6.07, 6.45) is 0. The van der Waals surface area contributed by atoms with Crippen molar-refractivity contribution in [3.63, 3.8) is 0 Å². The zero-order chi connectivity index (χ0) is 15.0. The Labute approximate surface area is 129 Å². The van der Waals surface area contributed by atoms with E-state index in [1.807, 2.05) is 25.1 Å². The van der Waals surface area contributed by atoms with E-state index in [0.717, 1.165) is 15.4 Å². The highest BCUT2D eigenvalue weighted by Crippen LogP contribution is 2.21. The zero-order valence-corrected chi connectivity index (χ0v) is 12.8. The predicted molar refractivity (Wildman–Crippen MR) is 85.1 cm³/mol. The number of hydrogen-bond donors (Lipinski definition) is 2. The van der Waals surface area contributed by atoms with Crippen LogP contribution in [0.5, 0.6) is 0 Å². The van der Waals surface area contributed by atoms with Crippen LogP contribution in [0.15, 0.2) is 46.9 Å². The fourth-order valence-electron chi connectivity index (χ4n) is 2.14. The van der Waals surface area contributed by atoms with Gasteiger partial charge < -0.3 is 10.3 Å². The van der Waals surface area contributed by atoms with Gasteiger partial charge in [-0.3, -0.25) is 4.79 Å². The molecule has 0 unspecified atom stereocenters. The molecule has 0 aliphatic heterocycles. The largest absolute Gasteiger partial charge is 0.350 e. The number of aryl methyl sites for hydroxylation is 1. The van der Waals surface area contributed by atoms with E-state index < -0.39 is 0 Å². The number of nitrogens with one attached hydrogen (secondary N) is 2. The van der Waals surface area contributed by atoms with Crippen LogP contribution < -0.4 is 5.32 Å². The number of benzene rings is 2. The lowest BCUT2D eigenvalue weighted by atomic mass is 10.2. The molecule has 0 spiro atoms. The van der Waals surface area contributed by atoms with Gasteiger partial charge in [0.2, 0.25) is 0 Å². The monoisotopic (exact) mass is 346 g/mol. The number of fused-ring (bicyclic) bond motifs is 1. The summed E-state index contributed by atoms with van der Waals surface area (Å²) < 4.78 is 14.1. The summed E-state index contributed by atoms with van der Waals surface area (Å²) in [5.41, 5.74) is 2.75. The lowest BCUT2D eigenvalue weighted by molar-refractivity contribution is 0.102. The number of amides is 1. The Hall–Kier alpha value is -2.14. The maximum atomic E-state index is 13.2. The summed E-state index contributed by atoms with van der Waals surface area (Å²) in [6.45, 7) is 1.95. The number of carbonyl (C=O) groups excluding carboxylic acids is 1. The number of H-pyrrole nitrogens is 1. The zero-order valence-electron chi connectivity index (χ0n) is 11.2. The third kappa shape index (κ3) is 2.83. The van der Waals surface area contributed by atoms with E-state index in [0.29, 0.717) is 16.9 Å². The van der Waals surface area contributed by atoms with E-state index in [1.165, 1.54) is 12.1 Å². The molecule has 106 valence electrons. The second-order valence-corrected chi connectivity index (χ2v) is 5.69. The van der Waals surface area contributed by atoms with E-state index in [-0.39, 0.29) is 11.7 Å². The van der Waals surface area contributed by atoms with Crippen molar-refractivity contribution in [2.75, 3.05) is 5.32 Å². The van der Waals surface area contributed by atoms with E-state index in [2.05, 4.69) is 26.2 Å². The van der Waals surface area contributed by atoms with Gasteiger partial charge in [0.05, 0.1) is 0 Å². The molecule has 0 bridgehead atoms. The highest BCUT2D eigenvalue weighted by molar-refractivity contribution is 9.10. The normalized spacial score (nSPS) is 10.8. The quantitative estimate of drug-likeness (QED) is 0.698. The van der Waals surface area contributed by atoms with Crippen LogP contribution in [0.3, 0.4) is 0 Å². The molecule has 0 saturated heterocycles. The fourth-order valence-corrected chi connectivity index (χ4v) is 2.39. The Morgan fingerprint density at radius 1 is 1.19 bits per heavy atom. The lowest BCUT2D eigenvalue weighted by Gasteiger charge is -2.05. The van der Waals surface area contributed by atoms with Crippen molar-refractivity contribution in [1.82, 2.24) is 4.98 Å². The Morgan fingerprint density at radius 3 is 2.76 bits per heavy atom. The summed E-state index contributed by atoms with van der Waals surface area (Å²) in [7, 11) is 0. The molecule has 0 aliphatic rings. The van der Waals surface area contributed by atoms with Gasteiger partial charge in [0, 0.05) is 21.1 Å². The Kier molecular flexibility index (Phi) is 3.51. The van der Waals surface area contributed by atoms with Crippen LogP contribution in [0.4, 0.5) is 10.1 Å². The van der Waals surface area contributed by atoms with Crippen LogP contribution in [0.25, 0.3) is 10.9 Å². The standard InChI is InChI=1S/C16H12BrFN2O/c1-9-6-12(4-5-13(9)17)19-16(21)15-7-10-2-3-11(18)8-14(10)20-15/h2-8,20H,1H3,(H,19,21). The molecule has 2 aromatic carbocycles. The Morgan fingerprint density at radius 2 is 2.00 bits per heavy atom. The van der Waals surface area contributed by atoms with Gasteiger partial charge in [0.1, 0.15) is 11.5 Å². The topological polar surface area (TPSA) is 44.9 Å². The number of halogens is 2. The molecular formula is C16H12BrFN2O. The Bertz CT molecular complexity index is 841. The molecule has 5 heteroatoms. The van der Waals surface area contributed by atoms with Crippen molar-refractivity contribution in [3.05, 3.63) is 64.0 Å². The summed E-state index contributed by atoms with van der Waals surface area (Å²) in [4.78, 5) is 15.1. The third-order valence-corrected chi connectivity index (χ3v) is 4.13. The number of hydrogen-bond acceptors (Lipinski definition) is 1. The van der Waals surface area contributed by atoms with Gasteiger partial charge in [-0.25, -0.2) is 4.39 Å². The van der Waals surface area contributed by atoms with Gasteiger partial charge in [-0.2, -0.15) is 0 Å². The maximum absolute atomic E-state index is 13.2. The van der Waals surface area contributed by atoms with Crippen LogP contribution in [0, 0.1) is 12.7 Å². The average molecular weight is 347 g/mol. The number of aromatic amines is 1. The molecule has 2 N–H and O–H groups in total. The molecule has 0 radical (unpaired) electrons. The second-order valence-electron chi connectivity index (χ2n) is 4.83. The van der Waals surface area contributed by atoms with Crippen molar-refractivity contribution in [1.29, 1.82) is 0 Å².